The van der Waals surface area contributed by atoms with Crippen LogP contribution in [0.15, 0.2) is 0 Å². The molecule has 6 nitrogen and oxygen atoms in total. The van der Waals surface area contributed by atoms with Crippen molar-refractivity contribution in [3.05, 3.63) is 0 Å². The van der Waals surface area contributed by atoms with Crippen LogP contribution >= 0.6 is 15.9 Å². The Balaban J connectivity index is 0.000000487. The van der Waals surface area contributed by atoms with E-state index in [4.69, 9.17) is 23.4 Å². The average molecular weight is 273 g/mol. The fourth-order valence-electron chi connectivity index (χ4n) is 1.25. The molecule has 0 aromatic carbocycles. The highest BCUT2D eigenvalue weighted by Crippen LogP contribution is 2.51. The van der Waals surface area contributed by atoms with E-state index < -0.39 is 15.9 Å². The number of hydrogen-bond acceptors (Lipinski definition) is 4. The van der Waals surface area contributed by atoms with Crippen molar-refractivity contribution in [3.8, 4) is 0 Å². The molecule has 0 saturated carbocycles. The van der Waals surface area contributed by atoms with E-state index in [9.17, 15) is 4.57 Å². The van der Waals surface area contributed by atoms with Gasteiger partial charge in [-0.2, -0.15) is 0 Å². The van der Waals surface area contributed by atoms with Crippen LogP contribution in [0.25, 0.3) is 0 Å². The molecule has 0 unspecified atom stereocenters. The predicted octanol–water partition coefficient (Wildman–Crippen LogP) is 2.29. The van der Waals surface area contributed by atoms with Gasteiger partial charge in [0.05, 0.1) is 13.2 Å². The van der Waals surface area contributed by atoms with Gasteiger partial charge in [-0.15, -0.1) is 9.79 Å². The second-order valence-electron chi connectivity index (χ2n) is 3.78. The van der Waals surface area contributed by atoms with Gasteiger partial charge in [0.1, 0.15) is 0 Å². The predicted molar refractivity (Wildman–Crippen MR) is 60.5 cm³/mol. The van der Waals surface area contributed by atoms with Crippen molar-refractivity contribution in [1.82, 2.24) is 0 Å². The average Bonchev–Trinajstić information content (AvgIpc) is 2.18. The first-order valence-electron chi connectivity index (χ1n) is 4.98. The standard InChI is InChI=1S/C8H17O3P.HO3P/c1-4-8(5-2)6-10-12(3,9)11-7-8;1-4(2)3/h4-7H2,1-3H3;(H-,1,2,3)/p+1. The molecule has 16 heavy (non-hydrogen) atoms. The first-order valence-corrected chi connectivity index (χ1v) is 8.14. The molecule has 0 radical (unpaired) electrons. The van der Waals surface area contributed by atoms with Gasteiger partial charge in [0.25, 0.3) is 0 Å². The highest BCUT2D eigenvalue weighted by Gasteiger charge is 2.37. The third kappa shape index (κ3) is 6.04. The third-order valence-corrected chi connectivity index (χ3v) is 3.91. The van der Waals surface area contributed by atoms with Gasteiger partial charge in [0.2, 0.25) is 0 Å². The Kier molecular flexibility index (Phi) is 6.87. The first-order chi connectivity index (χ1) is 7.27. The maximum Gasteiger partial charge on any atom is 0.692 e. The van der Waals surface area contributed by atoms with Crippen LogP contribution in [-0.4, -0.2) is 29.7 Å². The lowest BCUT2D eigenvalue weighted by Gasteiger charge is -2.37. The lowest BCUT2D eigenvalue weighted by Crippen LogP contribution is -2.34. The topological polar surface area (TPSA) is 93.1 Å². The van der Waals surface area contributed by atoms with E-state index in [-0.39, 0.29) is 5.41 Å². The Bertz CT molecular complexity index is 258. The van der Waals surface area contributed by atoms with Crippen LogP contribution in [0.3, 0.4) is 0 Å². The largest absolute Gasteiger partial charge is 0.692 e. The maximum atomic E-state index is 11.3. The Morgan fingerprint density at radius 1 is 1.25 bits per heavy atom. The molecule has 1 saturated heterocycles. The van der Waals surface area contributed by atoms with Crippen molar-refractivity contribution in [1.29, 1.82) is 0 Å². The van der Waals surface area contributed by atoms with E-state index in [2.05, 4.69) is 13.8 Å². The monoisotopic (exact) mass is 273 g/mol. The second kappa shape index (κ2) is 6.80. The van der Waals surface area contributed by atoms with Crippen LogP contribution in [-0.2, 0) is 18.2 Å². The molecular formula is C8H19O6P2+. The van der Waals surface area contributed by atoms with Gasteiger partial charge in [-0.05, 0) is 12.8 Å². The van der Waals surface area contributed by atoms with Crippen LogP contribution in [0, 0.1) is 5.41 Å². The summed E-state index contributed by atoms with van der Waals surface area (Å²) in [6, 6.07) is 0. The van der Waals surface area contributed by atoms with E-state index in [1.165, 1.54) is 6.66 Å². The minimum Gasteiger partial charge on any atom is -0.308 e. The summed E-state index contributed by atoms with van der Waals surface area (Å²) in [5.74, 6) is 0. The van der Waals surface area contributed by atoms with Crippen LogP contribution in [0.1, 0.15) is 26.7 Å². The summed E-state index contributed by atoms with van der Waals surface area (Å²) in [5, 5.41) is 0. The van der Waals surface area contributed by atoms with Crippen molar-refractivity contribution >= 4 is 15.9 Å². The Hall–Kier alpha value is 0.170. The van der Waals surface area contributed by atoms with E-state index in [0.29, 0.717) is 13.2 Å². The minimum atomic E-state index is -2.87. The Morgan fingerprint density at radius 2 is 1.56 bits per heavy atom. The normalized spacial score (nSPS) is 21.8. The molecule has 0 aliphatic carbocycles. The summed E-state index contributed by atoms with van der Waals surface area (Å²) in [7, 11) is -5.56. The molecule has 8 heteroatoms. The zero-order valence-corrected chi connectivity index (χ0v) is 11.5. The second-order valence-corrected chi connectivity index (χ2v) is 6.34. The molecule has 0 bridgehead atoms. The smallest absolute Gasteiger partial charge is 0.308 e. The molecular weight excluding hydrogens is 254 g/mol. The van der Waals surface area contributed by atoms with E-state index in [1.54, 1.807) is 0 Å². The van der Waals surface area contributed by atoms with Crippen LogP contribution < -0.4 is 0 Å². The zero-order chi connectivity index (χ0) is 12.8. The number of rotatable bonds is 2. The fraction of sp³-hybridized carbons (Fsp3) is 1.00. The molecule has 1 rings (SSSR count). The van der Waals surface area contributed by atoms with Crippen LogP contribution in [0.4, 0.5) is 0 Å². The fourth-order valence-corrected chi connectivity index (χ4v) is 2.34. The van der Waals surface area contributed by atoms with Crippen molar-refractivity contribution < 1.29 is 28.0 Å². The summed E-state index contributed by atoms with van der Waals surface area (Å²) >= 11 is 0. The highest BCUT2D eigenvalue weighted by atomic mass is 31.2. The summed E-state index contributed by atoms with van der Waals surface area (Å²) in [6.45, 7) is 6.91. The summed E-state index contributed by atoms with van der Waals surface area (Å²) in [6.07, 6.45) is 2.03. The van der Waals surface area contributed by atoms with Gasteiger partial charge >= 0.3 is 15.9 Å². The minimum absolute atomic E-state index is 0.101. The molecule has 1 aliphatic heterocycles. The molecule has 1 aliphatic rings. The summed E-state index contributed by atoms with van der Waals surface area (Å²) < 4.78 is 30.4. The SMILES string of the molecule is CCC1(CC)COP(C)(=O)OC1.O=[P+](O)O. The van der Waals surface area contributed by atoms with Crippen molar-refractivity contribution in [2.75, 3.05) is 19.9 Å². The molecule has 0 spiro atoms. The van der Waals surface area contributed by atoms with Gasteiger partial charge in [0, 0.05) is 16.6 Å². The molecule has 2 N–H and O–H groups in total. The molecule has 1 fully saturated rings. The van der Waals surface area contributed by atoms with Gasteiger partial charge in [-0.25, -0.2) is 0 Å². The van der Waals surface area contributed by atoms with Gasteiger partial charge < -0.3 is 9.05 Å². The molecule has 0 atom stereocenters. The van der Waals surface area contributed by atoms with Gasteiger partial charge in [-0.3, -0.25) is 4.57 Å². The molecule has 0 aromatic heterocycles. The van der Waals surface area contributed by atoms with Crippen LogP contribution in [0.5, 0.6) is 0 Å². The molecule has 96 valence electrons. The summed E-state index contributed by atoms with van der Waals surface area (Å²) in [5.41, 5.74) is 0.101. The lowest BCUT2D eigenvalue weighted by molar-refractivity contribution is 0.0136. The molecule has 0 aromatic rings. The maximum absolute atomic E-state index is 11.3. The third-order valence-electron chi connectivity index (χ3n) is 2.71. The Labute approximate surface area is 96.5 Å². The quantitative estimate of drug-likeness (QED) is 0.750. The molecule has 0 amide bonds. The first kappa shape index (κ1) is 16.2. The Morgan fingerprint density at radius 3 is 1.81 bits per heavy atom. The highest BCUT2D eigenvalue weighted by molar-refractivity contribution is 7.53. The van der Waals surface area contributed by atoms with Crippen molar-refractivity contribution in [3.63, 3.8) is 0 Å². The van der Waals surface area contributed by atoms with Gasteiger partial charge in [0.15, 0.2) is 0 Å². The zero-order valence-electron chi connectivity index (χ0n) is 9.75. The number of hydrogen-bond donors (Lipinski definition) is 2. The van der Waals surface area contributed by atoms with Gasteiger partial charge in [-0.1, -0.05) is 13.8 Å². The summed E-state index contributed by atoms with van der Waals surface area (Å²) in [4.78, 5) is 14.2. The van der Waals surface area contributed by atoms with E-state index in [0.717, 1.165) is 12.8 Å². The van der Waals surface area contributed by atoms with E-state index in [1.807, 2.05) is 0 Å². The van der Waals surface area contributed by atoms with Crippen molar-refractivity contribution in [2.45, 2.75) is 26.7 Å². The van der Waals surface area contributed by atoms with E-state index >= 15 is 0 Å². The lowest BCUT2D eigenvalue weighted by atomic mass is 9.84. The molecule has 1 heterocycles. The van der Waals surface area contributed by atoms with Crippen LogP contribution in [0.2, 0.25) is 0 Å². The van der Waals surface area contributed by atoms with Crippen molar-refractivity contribution in [2.24, 2.45) is 5.41 Å².